The minimum absolute atomic E-state index is 0.215. The van der Waals surface area contributed by atoms with Crippen molar-refractivity contribution in [3.05, 3.63) is 52.7 Å². The molecule has 0 unspecified atom stereocenters. The van der Waals surface area contributed by atoms with Gasteiger partial charge in [-0.05, 0) is 35.3 Å². The van der Waals surface area contributed by atoms with Crippen LogP contribution in [0.3, 0.4) is 0 Å². The molecule has 3 aliphatic rings. The summed E-state index contributed by atoms with van der Waals surface area (Å²) in [7, 11) is 0. The van der Waals surface area contributed by atoms with Gasteiger partial charge in [-0.15, -0.1) is 0 Å². The molecule has 0 bridgehead atoms. The van der Waals surface area contributed by atoms with E-state index in [4.69, 9.17) is 4.74 Å². The quantitative estimate of drug-likeness (QED) is 0.804. The lowest BCUT2D eigenvalue weighted by molar-refractivity contribution is -0.112. The van der Waals surface area contributed by atoms with Gasteiger partial charge in [0.15, 0.2) is 5.78 Å². The number of ketones is 1. The number of morpholine rings is 1. The van der Waals surface area contributed by atoms with E-state index in [1.165, 1.54) is 11.1 Å². The summed E-state index contributed by atoms with van der Waals surface area (Å²) in [6.07, 6.45) is 5.26. The Bertz CT molecular complexity index is 768. The number of benzene rings is 1. The van der Waals surface area contributed by atoms with E-state index in [1.807, 2.05) is 12.3 Å². The Kier molecular flexibility index (Phi) is 4.17. The second-order valence-corrected chi connectivity index (χ2v) is 6.77. The zero-order valence-corrected chi connectivity index (χ0v) is 14.0. The van der Waals surface area contributed by atoms with E-state index < -0.39 is 0 Å². The van der Waals surface area contributed by atoms with Crippen molar-refractivity contribution in [3.63, 3.8) is 0 Å². The van der Waals surface area contributed by atoms with Crippen molar-refractivity contribution in [1.29, 1.82) is 0 Å². The van der Waals surface area contributed by atoms with Crippen molar-refractivity contribution in [2.45, 2.75) is 26.3 Å². The first-order valence-corrected chi connectivity index (χ1v) is 8.59. The zero-order valence-electron chi connectivity index (χ0n) is 14.0. The Morgan fingerprint density at radius 2 is 2.08 bits per heavy atom. The maximum absolute atomic E-state index is 12.6. The molecule has 1 aliphatic carbocycles. The number of nitrogens with zero attached hydrogens (tertiary/aromatic N) is 2. The molecule has 0 spiro atoms. The van der Waals surface area contributed by atoms with Crippen molar-refractivity contribution in [2.75, 3.05) is 26.3 Å². The highest BCUT2D eigenvalue weighted by Gasteiger charge is 2.28. The summed E-state index contributed by atoms with van der Waals surface area (Å²) in [6, 6.07) is 6.31. The molecule has 0 atom stereocenters. The van der Waals surface area contributed by atoms with Crippen LogP contribution in [0.4, 0.5) is 0 Å². The third-order valence-corrected chi connectivity index (χ3v) is 4.88. The number of hydrogen-bond acceptors (Lipinski definition) is 4. The SMILES string of the molecule is CC1=CN=C(/C=C2\C(=O)Cc3cccc(CN4CCOCC4)c32)C1. The third kappa shape index (κ3) is 2.99. The van der Waals surface area contributed by atoms with Crippen LogP contribution in [0.5, 0.6) is 0 Å². The lowest BCUT2D eigenvalue weighted by Gasteiger charge is -2.27. The number of ether oxygens (including phenoxy) is 1. The van der Waals surface area contributed by atoms with Gasteiger partial charge in [-0.3, -0.25) is 14.7 Å². The van der Waals surface area contributed by atoms with Crippen molar-refractivity contribution in [3.8, 4) is 0 Å². The summed E-state index contributed by atoms with van der Waals surface area (Å²) in [5, 5.41) is 0. The fourth-order valence-electron chi connectivity index (χ4n) is 3.66. The normalized spacial score (nSPS) is 22.7. The number of allylic oxidation sites excluding steroid dienone is 3. The fourth-order valence-corrected chi connectivity index (χ4v) is 3.66. The van der Waals surface area contributed by atoms with Crippen LogP contribution in [0.1, 0.15) is 30.0 Å². The van der Waals surface area contributed by atoms with Gasteiger partial charge in [0.05, 0.1) is 13.2 Å². The molecule has 0 aromatic heterocycles. The Labute approximate surface area is 142 Å². The highest BCUT2D eigenvalue weighted by Crippen LogP contribution is 2.34. The van der Waals surface area contributed by atoms with E-state index in [1.54, 1.807) is 0 Å². The van der Waals surface area contributed by atoms with Crippen LogP contribution in [0.25, 0.3) is 5.57 Å². The summed E-state index contributed by atoms with van der Waals surface area (Å²) in [4.78, 5) is 19.4. The Balaban J connectivity index is 1.66. The second kappa shape index (κ2) is 6.46. The molecule has 4 nitrogen and oxygen atoms in total. The number of hydrogen-bond donors (Lipinski definition) is 0. The number of carbonyl (C=O) groups is 1. The van der Waals surface area contributed by atoms with Crippen molar-refractivity contribution >= 4 is 17.1 Å². The minimum Gasteiger partial charge on any atom is -0.379 e. The van der Waals surface area contributed by atoms with Gasteiger partial charge in [0.25, 0.3) is 0 Å². The highest BCUT2D eigenvalue weighted by molar-refractivity contribution is 6.29. The average Bonchev–Trinajstić information content (AvgIpc) is 3.13. The standard InChI is InChI=1S/C20H22N2O2/c1-14-9-17(21-12-14)11-18-19(23)10-15-3-2-4-16(20(15)18)13-22-5-7-24-8-6-22/h2-4,11-12H,5-10,13H2,1H3/b18-11+. The van der Waals surface area contributed by atoms with Crippen LogP contribution >= 0.6 is 0 Å². The lowest BCUT2D eigenvalue weighted by Crippen LogP contribution is -2.35. The van der Waals surface area contributed by atoms with Gasteiger partial charge in [0.1, 0.15) is 0 Å². The number of Topliss-reactive ketones (excluding diaryl/α,β-unsaturated/α-hetero) is 1. The molecule has 0 N–H and O–H groups in total. The zero-order chi connectivity index (χ0) is 16.5. The monoisotopic (exact) mass is 322 g/mol. The molecule has 4 heteroatoms. The van der Waals surface area contributed by atoms with Gasteiger partial charge in [-0.2, -0.15) is 0 Å². The van der Waals surface area contributed by atoms with Gasteiger partial charge < -0.3 is 4.74 Å². The molecule has 1 saturated heterocycles. The first-order valence-electron chi connectivity index (χ1n) is 8.59. The van der Waals surface area contributed by atoms with E-state index in [0.29, 0.717) is 6.42 Å². The molecule has 1 aromatic rings. The Hall–Kier alpha value is -2.04. The fraction of sp³-hybridized carbons (Fsp3) is 0.400. The van der Waals surface area contributed by atoms with Crippen LogP contribution in [-0.4, -0.2) is 42.7 Å². The number of rotatable bonds is 3. The topological polar surface area (TPSA) is 41.9 Å². The van der Waals surface area contributed by atoms with E-state index in [9.17, 15) is 4.79 Å². The van der Waals surface area contributed by atoms with Crippen LogP contribution in [-0.2, 0) is 22.5 Å². The predicted molar refractivity (Wildman–Crippen MR) is 95.0 cm³/mol. The van der Waals surface area contributed by atoms with E-state index in [0.717, 1.165) is 61.7 Å². The molecule has 1 aromatic carbocycles. The number of aliphatic imine (C=N–C) groups is 1. The molecule has 0 radical (unpaired) electrons. The summed E-state index contributed by atoms with van der Waals surface area (Å²) < 4.78 is 5.44. The lowest BCUT2D eigenvalue weighted by atomic mass is 9.98. The average molecular weight is 322 g/mol. The number of carbonyl (C=O) groups excluding carboxylic acids is 1. The molecule has 24 heavy (non-hydrogen) atoms. The Morgan fingerprint density at radius 3 is 2.83 bits per heavy atom. The molecule has 2 aliphatic heterocycles. The highest BCUT2D eigenvalue weighted by atomic mass is 16.5. The van der Waals surface area contributed by atoms with Crippen LogP contribution < -0.4 is 0 Å². The summed E-state index contributed by atoms with van der Waals surface area (Å²) in [5.74, 6) is 0.215. The van der Waals surface area contributed by atoms with Gasteiger partial charge in [0.2, 0.25) is 0 Å². The van der Waals surface area contributed by atoms with Crippen LogP contribution in [0.15, 0.2) is 41.0 Å². The van der Waals surface area contributed by atoms with Gasteiger partial charge in [-0.1, -0.05) is 18.2 Å². The largest absolute Gasteiger partial charge is 0.379 e. The van der Waals surface area contributed by atoms with Crippen LogP contribution in [0, 0.1) is 0 Å². The first-order chi connectivity index (χ1) is 11.7. The van der Waals surface area contributed by atoms with E-state index in [-0.39, 0.29) is 5.78 Å². The summed E-state index contributed by atoms with van der Waals surface area (Å²) in [6.45, 7) is 6.43. The predicted octanol–water partition coefficient (Wildman–Crippen LogP) is 2.78. The molecular formula is C20H22N2O2. The molecule has 4 rings (SSSR count). The van der Waals surface area contributed by atoms with Crippen molar-refractivity contribution in [2.24, 2.45) is 4.99 Å². The smallest absolute Gasteiger partial charge is 0.167 e. The minimum atomic E-state index is 0.215. The number of fused-ring (bicyclic) bond motifs is 1. The second-order valence-electron chi connectivity index (χ2n) is 6.77. The van der Waals surface area contributed by atoms with Crippen molar-refractivity contribution < 1.29 is 9.53 Å². The molecule has 0 saturated carbocycles. The maximum atomic E-state index is 12.6. The third-order valence-electron chi connectivity index (χ3n) is 4.88. The van der Waals surface area contributed by atoms with Gasteiger partial charge in [0, 0.05) is 50.0 Å². The molecule has 2 heterocycles. The maximum Gasteiger partial charge on any atom is 0.167 e. The van der Waals surface area contributed by atoms with E-state index in [2.05, 4.69) is 35.0 Å². The molecule has 1 fully saturated rings. The van der Waals surface area contributed by atoms with Crippen LogP contribution in [0.2, 0.25) is 0 Å². The van der Waals surface area contributed by atoms with E-state index >= 15 is 0 Å². The molecule has 124 valence electrons. The Morgan fingerprint density at radius 1 is 1.25 bits per heavy atom. The summed E-state index contributed by atoms with van der Waals surface area (Å²) >= 11 is 0. The van der Waals surface area contributed by atoms with Gasteiger partial charge in [-0.25, -0.2) is 0 Å². The first kappa shape index (κ1) is 15.5. The van der Waals surface area contributed by atoms with Gasteiger partial charge >= 0.3 is 0 Å². The van der Waals surface area contributed by atoms with Crippen molar-refractivity contribution in [1.82, 2.24) is 4.90 Å². The summed E-state index contributed by atoms with van der Waals surface area (Å²) in [5.41, 5.74) is 6.62. The molecular weight excluding hydrogens is 300 g/mol. The molecule has 0 amide bonds.